The molecule has 1 heterocycles. The number of aromatic nitrogens is 2. The molecule has 0 spiro atoms. The number of nitrogens with one attached hydrogen (secondary N) is 2. The Morgan fingerprint density at radius 3 is 2.41 bits per heavy atom. The van der Waals surface area contributed by atoms with Gasteiger partial charge in [0, 0.05) is 12.0 Å². The SMILES string of the molecule is CC(NC(=O)c1cc(=O)[nH]c(C2CC2)n1)c1ccc(-c2ccccc2)cc1. The van der Waals surface area contributed by atoms with E-state index in [4.69, 9.17) is 0 Å². The second kappa shape index (κ2) is 7.19. The summed E-state index contributed by atoms with van der Waals surface area (Å²) in [5.41, 5.74) is 3.17. The van der Waals surface area contributed by atoms with Gasteiger partial charge in [-0.15, -0.1) is 0 Å². The summed E-state index contributed by atoms with van der Waals surface area (Å²) in [7, 11) is 0. The molecule has 2 aromatic carbocycles. The number of nitrogens with zero attached hydrogens (tertiary/aromatic N) is 1. The third-order valence-corrected chi connectivity index (χ3v) is 4.82. The van der Waals surface area contributed by atoms with Crippen molar-refractivity contribution in [2.24, 2.45) is 0 Å². The summed E-state index contributed by atoms with van der Waals surface area (Å²) in [4.78, 5) is 31.4. The number of hydrogen-bond donors (Lipinski definition) is 2. The van der Waals surface area contributed by atoms with Gasteiger partial charge in [0.25, 0.3) is 11.5 Å². The molecule has 2 N–H and O–H groups in total. The fourth-order valence-corrected chi connectivity index (χ4v) is 3.09. The molecule has 1 aliphatic carbocycles. The summed E-state index contributed by atoms with van der Waals surface area (Å²) in [6, 6.07) is 19.3. The quantitative estimate of drug-likeness (QED) is 0.727. The van der Waals surface area contributed by atoms with Crippen LogP contribution in [0.15, 0.2) is 65.5 Å². The van der Waals surface area contributed by atoms with Crippen LogP contribution in [0.1, 0.15) is 53.6 Å². The highest BCUT2D eigenvalue weighted by Gasteiger charge is 2.27. The molecule has 1 saturated carbocycles. The first kappa shape index (κ1) is 17.2. The van der Waals surface area contributed by atoms with Crippen molar-refractivity contribution in [1.29, 1.82) is 0 Å². The van der Waals surface area contributed by atoms with Crippen LogP contribution in [0, 0.1) is 0 Å². The van der Waals surface area contributed by atoms with E-state index < -0.39 is 0 Å². The Hall–Kier alpha value is -3.21. The van der Waals surface area contributed by atoms with Gasteiger partial charge in [0.05, 0.1) is 6.04 Å². The van der Waals surface area contributed by atoms with E-state index >= 15 is 0 Å². The first-order valence-electron chi connectivity index (χ1n) is 9.17. The molecule has 1 aliphatic rings. The largest absolute Gasteiger partial charge is 0.344 e. The summed E-state index contributed by atoms with van der Waals surface area (Å²) >= 11 is 0. The van der Waals surface area contributed by atoms with Gasteiger partial charge in [0.2, 0.25) is 0 Å². The molecule has 1 unspecified atom stereocenters. The monoisotopic (exact) mass is 359 g/mol. The van der Waals surface area contributed by atoms with Crippen LogP contribution < -0.4 is 10.9 Å². The predicted octanol–water partition coefficient (Wildman–Crippen LogP) is 3.81. The van der Waals surface area contributed by atoms with E-state index in [0.717, 1.165) is 29.5 Å². The van der Waals surface area contributed by atoms with E-state index in [1.54, 1.807) is 0 Å². The maximum absolute atomic E-state index is 12.5. The molecule has 27 heavy (non-hydrogen) atoms. The zero-order valence-corrected chi connectivity index (χ0v) is 15.1. The van der Waals surface area contributed by atoms with Crippen LogP contribution in [-0.2, 0) is 0 Å². The number of carbonyl (C=O) groups is 1. The van der Waals surface area contributed by atoms with Crippen molar-refractivity contribution in [3.63, 3.8) is 0 Å². The Kier molecular flexibility index (Phi) is 4.59. The number of rotatable bonds is 5. The molecule has 136 valence electrons. The van der Waals surface area contributed by atoms with Crippen molar-refractivity contribution < 1.29 is 4.79 Å². The van der Waals surface area contributed by atoms with Gasteiger partial charge in [-0.1, -0.05) is 54.6 Å². The van der Waals surface area contributed by atoms with Crippen molar-refractivity contribution in [1.82, 2.24) is 15.3 Å². The van der Waals surface area contributed by atoms with E-state index in [1.807, 2.05) is 49.4 Å². The van der Waals surface area contributed by atoms with E-state index in [-0.39, 0.29) is 29.1 Å². The lowest BCUT2D eigenvalue weighted by atomic mass is 10.0. The van der Waals surface area contributed by atoms with E-state index in [2.05, 4.69) is 27.4 Å². The van der Waals surface area contributed by atoms with E-state index in [9.17, 15) is 9.59 Å². The smallest absolute Gasteiger partial charge is 0.270 e. The maximum atomic E-state index is 12.5. The lowest BCUT2D eigenvalue weighted by molar-refractivity contribution is 0.0934. The molecule has 4 rings (SSSR count). The van der Waals surface area contributed by atoms with Crippen LogP contribution in [0.3, 0.4) is 0 Å². The van der Waals surface area contributed by atoms with Crippen LogP contribution in [-0.4, -0.2) is 15.9 Å². The molecule has 3 aromatic rings. The van der Waals surface area contributed by atoms with Gasteiger partial charge in [-0.05, 0) is 36.5 Å². The van der Waals surface area contributed by atoms with Crippen LogP contribution in [0.2, 0.25) is 0 Å². The number of benzene rings is 2. The second-order valence-corrected chi connectivity index (χ2v) is 6.97. The minimum Gasteiger partial charge on any atom is -0.344 e. The fourth-order valence-electron chi connectivity index (χ4n) is 3.09. The molecule has 0 bridgehead atoms. The zero-order valence-electron chi connectivity index (χ0n) is 15.1. The highest BCUT2D eigenvalue weighted by molar-refractivity contribution is 5.92. The third-order valence-electron chi connectivity index (χ3n) is 4.82. The van der Waals surface area contributed by atoms with Crippen LogP contribution in [0.25, 0.3) is 11.1 Å². The Labute approximate surface area is 157 Å². The molecule has 0 aliphatic heterocycles. The van der Waals surface area contributed by atoms with Crippen molar-refractivity contribution >= 4 is 5.91 Å². The minimum atomic E-state index is -0.331. The van der Waals surface area contributed by atoms with Gasteiger partial charge in [-0.2, -0.15) is 0 Å². The summed E-state index contributed by atoms with van der Waals surface area (Å²) in [6.45, 7) is 1.92. The molecule has 1 atom stereocenters. The van der Waals surface area contributed by atoms with Gasteiger partial charge in [0.15, 0.2) is 0 Å². The topological polar surface area (TPSA) is 74.8 Å². The van der Waals surface area contributed by atoms with Crippen molar-refractivity contribution in [2.75, 3.05) is 0 Å². The molecule has 5 heteroatoms. The molecular weight excluding hydrogens is 338 g/mol. The number of H-pyrrole nitrogens is 1. The zero-order chi connectivity index (χ0) is 18.8. The van der Waals surface area contributed by atoms with E-state index in [0.29, 0.717) is 5.82 Å². The predicted molar refractivity (Wildman–Crippen MR) is 105 cm³/mol. The lowest BCUT2D eigenvalue weighted by Gasteiger charge is -2.15. The molecule has 1 aromatic heterocycles. The number of aromatic amines is 1. The van der Waals surface area contributed by atoms with Crippen LogP contribution in [0.5, 0.6) is 0 Å². The molecule has 0 saturated heterocycles. The third kappa shape index (κ3) is 3.97. The van der Waals surface area contributed by atoms with Crippen LogP contribution >= 0.6 is 0 Å². The highest BCUT2D eigenvalue weighted by Crippen LogP contribution is 2.37. The normalized spacial score (nSPS) is 14.6. The Balaban J connectivity index is 1.48. The molecule has 0 radical (unpaired) electrons. The molecule has 1 amide bonds. The summed E-state index contributed by atoms with van der Waals surface area (Å²) in [5, 5.41) is 2.93. The Bertz CT molecular complexity index is 1010. The minimum absolute atomic E-state index is 0.174. The molecule has 5 nitrogen and oxygen atoms in total. The van der Waals surface area contributed by atoms with Gasteiger partial charge in [0.1, 0.15) is 11.5 Å². The van der Waals surface area contributed by atoms with Crippen LogP contribution in [0.4, 0.5) is 0 Å². The average molecular weight is 359 g/mol. The first-order chi connectivity index (χ1) is 13.1. The Morgan fingerprint density at radius 1 is 1.07 bits per heavy atom. The standard InChI is InChI=1S/C22H21N3O2/c1-14(15-7-9-17(10-8-15)16-5-3-2-4-6-16)23-22(27)19-13-20(26)25-21(24-19)18-11-12-18/h2-10,13-14,18H,11-12H2,1H3,(H,23,27)(H,24,25,26). The molecular formula is C22H21N3O2. The van der Waals surface area contributed by atoms with Crippen molar-refractivity contribution in [3.8, 4) is 11.1 Å². The fraction of sp³-hybridized carbons (Fsp3) is 0.227. The summed E-state index contributed by atoms with van der Waals surface area (Å²) in [6.07, 6.45) is 2.02. The van der Waals surface area contributed by atoms with Gasteiger partial charge < -0.3 is 10.3 Å². The highest BCUT2D eigenvalue weighted by atomic mass is 16.2. The van der Waals surface area contributed by atoms with Gasteiger partial charge in [-0.25, -0.2) is 4.98 Å². The average Bonchev–Trinajstić information content (AvgIpc) is 3.53. The number of amides is 1. The van der Waals surface area contributed by atoms with Crippen molar-refractivity contribution in [2.45, 2.75) is 31.7 Å². The van der Waals surface area contributed by atoms with Gasteiger partial charge in [-0.3, -0.25) is 9.59 Å². The van der Waals surface area contributed by atoms with E-state index in [1.165, 1.54) is 6.07 Å². The van der Waals surface area contributed by atoms with Gasteiger partial charge >= 0.3 is 0 Å². The number of hydrogen-bond acceptors (Lipinski definition) is 3. The Morgan fingerprint density at radius 2 is 1.74 bits per heavy atom. The summed E-state index contributed by atoms with van der Waals surface area (Å²) < 4.78 is 0. The van der Waals surface area contributed by atoms with Crippen molar-refractivity contribution in [3.05, 3.63) is 88.1 Å². The molecule has 1 fully saturated rings. The number of carbonyl (C=O) groups excluding carboxylic acids is 1. The second-order valence-electron chi connectivity index (χ2n) is 6.97. The lowest BCUT2D eigenvalue weighted by Crippen LogP contribution is -2.29. The summed E-state index contributed by atoms with van der Waals surface area (Å²) in [5.74, 6) is 0.573. The first-order valence-corrected chi connectivity index (χ1v) is 9.17. The maximum Gasteiger partial charge on any atom is 0.270 e.